The molecule has 1 saturated heterocycles. The van der Waals surface area contributed by atoms with Crippen LogP contribution in [0.3, 0.4) is 0 Å². The van der Waals surface area contributed by atoms with Crippen molar-refractivity contribution in [2.45, 2.75) is 30.6 Å². The van der Waals surface area contributed by atoms with Crippen molar-refractivity contribution in [3.63, 3.8) is 0 Å². The van der Waals surface area contributed by atoms with Crippen LogP contribution in [0.25, 0.3) is 6.08 Å². The lowest BCUT2D eigenvalue weighted by atomic mass is 10.2. The Labute approximate surface area is 171 Å². The van der Waals surface area contributed by atoms with Crippen LogP contribution < -0.4 is 5.32 Å². The van der Waals surface area contributed by atoms with Crippen LogP contribution in [-0.2, 0) is 14.8 Å². The summed E-state index contributed by atoms with van der Waals surface area (Å²) >= 11 is 5.93. The van der Waals surface area contributed by atoms with Crippen molar-refractivity contribution in [3.05, 3.63) is 65.2 Å². The molecule has 1 heterocycles. The Balaban J connectivity index is 1.71. The highest BCUT2D eigenvalue weighted by Crippen LogP contribution is 2.22. The number of nitrogens with zero attached hydrogens (tertiary/aromatic N) is 1. The number of amides is 1. The summed E-state index contributed by atoms with van der Waals surface area (Å²) in [6.07, 6.45) is 6.91. The average molecular weight is 419 g/mol. The molecular formula is C21H23ClN2O3S. The summed E-state index contributed by atoms with van der Waals surface area (Å²) in [6.45, 7) is 1.09. The number of carbonyl (C=O) groups is 1. The van der Waals surface area contributed by atoms with Gasteiger partial charge < -0.3 is 5.32 Å². The van der Waals surface area contributed by atoms with E-state index in [1.807, 2.05) is 6.07 Å². The van der Waals surface area contributed by atoms with E-state index in [1.165, 1.54) is 12.1 Å². The third-order valence-electron chi connectivity index (χ3n) is 4.58. The van der Waals surface area contributed by atoms with Crippen LogP contribution in [-0.4, -0.2) is 31.7 Å². The highest BCUT2D eigenvalue weighted by molar-refractivity contribution is 7.89. The zero-order valence-corrected chi connectivity index (χ0v) is 17.0. The molecular weight excluding hydrogens is 396 g/mol. The minimum atomic E-state index is -3.55. The van der Waals surface area contributed by atoms with Crippen molar-refractivity contribution < 1.29 is 13.2 Å². The molecule has 1 aliphatic heterocycles. The summed E-state index contributed by atoms with van der Waals surface area (Å²) in [5.74, 6) is -0.343. The highest BCUT2D eigenvalue weighted by Gasteiger charge is 2.25. The minimum Gasteiger partial charge on any atom is -0.322 e. The second-order valence-corrected chi connectivity index (χ2v) is 9.10. The maximum absolute atomic E-state index is 12.9. The Bertz CT molecular complexity index is 965. The summed E-state index contributed by atoms with van der Waals surface area (Å²) in [6, 6.07) is 13.5. The van der Waals surface area contributed by atoms with Gasteiger partial charge in [-0.3, -0.25) is 4.79 Å². The van der Waals surface area contributed by atoms with Crippen molar-refractivity contribution in [1.82, 2.24) is 4.31 Å². The summed E-state index contributed by atoms with van der Waals surface area (Å²) in [5, 5.41) is 3.30. The molecule has 1 amide bonds. The third-order valence-corrected chi connectivity index (χ3v) is 6.71. The number of rotatable bonds is 5. The van der Waals surface area contributed by atoms with Gasteiger partial charge in [0.25, 0.3) is 0 Å². The normalized spacial score (nSPS) is 16.0. The summed E-state index contributed by atoms with van der Waals surface area (Å²) in [4.78, 5) is 12.4. The van der Waals surface area contributed by atoms with E-state index in [0.717, 1.165) is 31.2 Å². The maximum atomic E-state index is 12.9. The summed E-state index contributed by atoms with van der Waals surface area (Å²) in [7, 11) is -3.55. The largest absolute Gasteiger partial charge is 0.322 e. The number of anilines is 1. The van der Waals surface area contributed by atoms with E-state index in [1.54, 1.807) is 46.8 Å². The molecule has 1 fully saturated rings. The average Bonchev–Trinajstić information content (AvgIpc) is 2.97. The lowest BCUT2D eigenvalue weighted by Crippen LogP contribution is -2.32. The monoisotopic (exact) mass is 418 g/mol. The van der Waals surface area contributed by atoms with Crippen LogP contribution in [0.5, 0.6) is 0 Å². The number of hydrogen-bond acceptors (Lipinski definition) is 3. The van der Waals surface area contributed by atoms with Crippen LogP contribution in [0.15, 0.2) is 59.5 Å². The first kappa shape index (κ1) is 20.6. The molecule has 2 aromatic carbocycles. The van der Waals surface area contributed by atoms with Gasteiger partial charge >= 0.3 is 0 Å². The van der Waals surface area contributed by atoms with E-state index in [0.29, 0.717) is 23.8 Å². The first-order valence-electron chi connectivity index (χ1n) is 9.30. The standard InChI is InChI=1S/C21H23ClN2O3S/c22-18-8-5-7-17(15-18)11-12-21(25)23-19-9-6-10-20(16-19)28(26,27)24-13-3-1-2-4-14-24/h5-12,15-16H,1-4,13-14H2,(H,23,25)/b12-11+. The number of carbonyl (C=O) groups excluding carboxylic acids is 1. The van der Waals surface area contributed by atoms with Crippen LogP contribution >= 0.6 is 11.6 Å². The van der Waals surface area contributed by atoms with Gasteiger partial charge in [0, 0.05) is 29.9 Å². The molecule has 0 atom stereocenters. The van der Waals surface area contributed by atoms with Crippen LogP contribution in [0.1, 0.15) is 31.2 Å². The van der Waals surface area contributed by atoms with Crippen molar-refractivity contribution in [2.75, 3.05) is 18.4 Å². The van der Waals surface area contributed by atoms with Crippen LogP contribution in [0.2, 0.25) is 5.02 Å². The van der Waals surface area contributed by atoms with Gasteiger partial charge in [-0.25, -0.2) is 8.42 Å². The number of halogens is 1. The first-order valence-corrected chi connectivity index (χ1v) is 11.1. The van der Waals surface area contributed by atoms with E-state index in [-0.39, 0.29) is 10.8 Å². The van der Waals surface area contributed by atoms with Gasteiger partial charge in [-0.15, -0.1) is 0 Å². The second kappa shape index (κ2) is 9.37. The number of hydrogen-bond donors (Lipinski definition) is 1. The molecule has 0 aromatic heterocycles. The first-order chi connectivity index (χ1) is 13.4. The SMILES string of the molecule is O=C(/C=C/c1cccc(Cl)c1)Nc1cccc(S(=O)(=O)N2CCCCCC2)c1. The molecule has 2 aromatic rings. The number of nitrogens with one attached hydrogen (secondary N) is 1. The molecule has 0 saturated carbocycles. The molecule has 1 aliphatic rings. The van der Waals surface area contributed by atoms with Crippen molar-refractivity contribution in [1.29, 1.82) is 0 Å². The molecule has 0 unspecified atom stereocenters. The fourth-order valence-electron chi connectivity index (χ4n) is 3.13. The molecule has 28 heavy (non-hydrogen) atoms. The third kappa shape index (κ3) is 5.44. The summed E-state index contributed by atoms with van der Waals surface area (Å²) < 4.78 is 27.4. The molecule has 1 N–H and O–H groups in total. The fourth-order valence-corrected chi connectivity index (χ4v) is 4.89. The molecule has 0 radical (unpaired) electrons. The molecule has 0 aliphatic carbocycles. The van der Waals surface area contributed by atoms with E-state index in [9.17, 15) is 13.2 Å². The quantitative estimate of drug-likeness (QED) is 0.724. The zero-order valence-electron chi connectivity index (χ0n) is 15.5. The molecule has 0 spiro atoms. The lowest BCUT2D eigenvalue weighted by Gasteiger charge is -2.20. The minimum absolute atomic E-state index is 0.200. The van der Waals surface area contributed by atoms with E-state index in [4.69, 9.17) is 11.6 Å². The Kier molecular flexibility index (Phi) is 6.88. The maximum Gasteiger partial charge on any atom is 0.248 e. The summed E-state index contributed by atoms with van der Waals surface area (Å²) in [5.41, 5.74) is 1.25. The van der Waals surface area contributed by atoms with Gasteiger partial charge in [0.15, 0.2) is 0 Å². The van der Waals surface area contributed by atoms with E-state index >= 15 is 0 Å². The smallest absolute Gasteiger partial charge is 0.248 e. The van der Waals surface area contributed by atoms with E-state index in [2.05, 4.69) is 5.32 Å². The highest BCUT2D eigenvalue weighted by atomic mass is 35.5. The van der Waals surface area contributed by atoms with Gasteiger partial charge in [0.1, 0.15) is 0 Å². The predicted octanol–water partition coefficient (Wildman–Crippen LogP) is 4.56. The van der Waals surface area contributed by atoms with Gasteiger partial charge in [-0.05, 0) is 54.8 Å². The number of benzene rings is 2. The van der Waals surface area contributed by atoms with Gasteiger partial charge in [0.05, 0.1) is 4.90 Å². The predicted molar refractivity (Wildman–Crippen MR) is 113 cm³/mol. The van der Waals surface area contributed by atoms with Gasteiger partial charge in [-0.1, -0.05) is 42.6 Å². The molecule has 5 nitrogen and oxygen atoms in total. The topological polar surface area (TPSA) is 66.5 Å². The molecule has 0 bridgehead atoms. The Morgan fingerprint density at radius 3 is 2.43 bits per heavy atom. The Morgan fingerprint density at radius 2 is 1.71 bits per heavy atom. The van der Waals surface area contributed by atoms with Crippen molar-refractivity contribution >= 4 is 39.3 Å². The van der Waals surface area contributed by atoms with Crippen molar-refractivity contribution in [3.8, 4) is 0 Å². The van der Waals surface area contributed by atoms with E-state index < -0.39 is 10.0 Å². The molecule has 148 valence electrons. The lowest BCUT2D eigenvalue weighted by molar-refractivity contribution is -0.111. The van der Waals surface area contributed by atoms with Crippen LogP contribution in [0, 0.1) is 0 Å². The Hall–Kier alpha value is -2.15. The van der Waals surface area contributed by atoms with Gasteiger partial charge in [-0.2, -0.15) is 4.31 Å². The zero-order chi connectivity index (χ0) is 20.0. The fraction of sp³-hybridized carbons (Fsp3) is 0.286. The molecule has 3 rings (SSSR count). The van der Waals surface area contributed by atoms with Crippen LogP contribution in [0.4, 0.5) is 5.69 Å². The van der Waals surface area contributed by atoms with Gasteiger partial charge in [0.2, 0.25) is 15.9 Å². The Morgan fingerprint density at radius 1 is 1.00 bits per heavy atom. The molecule has 7 heteroatoms. The van der Waals surface area contributed by atoms with Crippen molar-refractivity contribution in [2.24, 2.45) is 0 Å². The second-order valence-electron chi connectivity index (χ2n) is 6.72. The number of sulfonamides is 1.